The lowest BCUT2D eigenvalue weighted by Crippen LogP contribution is -2.45. The summed E-state index contributed by atoms with van der Waals surface area (Å²) < 4.78 is 5.52. The van der Waals surface area contributed by atoms with Crippen LogP contribution in [0.4, 0.5) is 0 Å². The van der Waals surface area contributed by atoms with E-state index in [0.29, 0.717) is 6.61 Å². The molecule has 1 aliphatic heterocycles. The number of nitrogens with zero attached hydrogens (tertiary/aromatic N) is 1. The molecule has 1 fully saturated rings. The van der Waals surface area contributed by atoms with Crippen LogP contribution in [-0.2, 0) is 11.2 Å². The van der Waals surface area contributed by atoms with E-state index in [4.69, 9.17) is 4.74 Å². The summed E-state index contributed by atoms with van der Waals surface area (Å²) in [5, 5.41) is 16.0. The van der Waals surface area contributed by atoms with Gasteiger partial charge >= 0.3 is 0 Å². The van der Waals surface area contributed by atoms with Crippen molar-refractivity contribution in [2.24, 2.45) is 10.4 Å². The molecule has 0 aromatic heterocycles. The van der Waals surface area contributed by atoms with Gasteiger partial charge in [0.15, 0.2) is 5.96 Å². The van der Waals surface area contributed by atoms with E-state index in [2.05, 4.69) is 46.8 Å². The maximum absolute atomic E-state index is 9.27. The molecule has 0 aliphatic carbocycles. The molecule has 136 valence electrons. The molecule has 0 radical (unpaired) electrons. The number of benzene rings is 1. The van der Waals surface area contributed by atoms with Gasteiger partial charge in [0.1, 0.15) is 0 Å². The number of aliphatic imine (C=N–C) groups is 1. The number of ether oxygens (including phenoxy) is 1. The second-order valence-electron chi connectivity index (χ2n) is 6.36. The first-order chi connectivity index (χ1) is 11.2. The standard InChI is InChI=1S/C18H29N3O2.HI/c1-15-3-5-16(6-4-15)7-10-20-17(19-2)21-13-18(8-11-22)9-12-23-14-18;/h3-6,22H,7-14H2,1-2H3,(H2,19,20,21);1H. The summed E-state index contributed by atoms with van der Waals surface area (Å²) in [4.78, 5) is 4.28. The Hall–Kier alpha value is -0.860. The van der Waals surface area contributed by atoms with Gasteiger partial charge in [0.25, 0.3) is 0 Å². The number of guanidine groups is 1. The fourth-order valence-corrected chi connectivity index (χ4v) is 2.88. The summed E-state index contributed by atoms with van der Waals surface area (Å²) in [6, 6.07) is 8.61. The second-order valence-corrected chi connectivity index (χ2v) is 6.36. The Morgan fingerprint density at radius 2 is 2.04 bits per heavy atom. The SMILES string of the molecule is CN=C(NCCc1ccc(C)cc1)NCC1(CCO)CCOC1.I. The van der Waals surface area contributed by atoms with Gasteiger partial charge in [0, 0.05) is 38.8 Å². The van der Waals surface area contributed by atoms with Crippen molar-refractivity contribution >= 4 is 29.9 Å². The van der Waals surface area contributed by atoms with Crippen molar-refractivity contribution < 1.29 is 9.84 Å². The largest absolute Gasteiger partial charge is 0.396 e. The van der Waals surface area contributed by atoms with Crippen LogP contribution in [0.3, 0.4) is 0 Å². The van der Waals surface area contributed by atoms with Crippen LogP contribution in [0.15, 0.2) is 29.3 Å². The highest BCUT2D eigenvalue weighted by Gasteiger charge is 2.34. The monoisotopic (exact) mass is 447 g/mol. The number of aliphatic hydroxyl groups is 1. The summed E-state index contributed by atoms with van der Waals surface area (Å²) in [6.45, 7) is 5.40. The zero-order valence-electron chi connectivity index (χ0n) is 14.7. The number of hydrogen-bond donors (Lipinski definition) is 3. The summed E-state index contributed by atoms with van der Waals surface area (Å²) >= 11 is 0. The van der Waals surface area contributed by atoms with Crippen LogP contribution >= 0.6 is 24.0 Å². The number of halogens is 1. The quantitative estimate of drug-likeness (QED) is 0.341. The number of aryl methyl sites for hydroxylation is 1. The third-order valence-corrected chi connectivity index (χ3v) is 4.51. The van der Waals surface area contributed by atoms with E-state index in [1.165, 1.54) is 11.1 Å². The van der Waals surface area contributed by atoms with Crippen LogP contribution in [0.2, 0.25) is 0 Å². The maximum atomic E-state index is 9.27. The van der Waals surface area contributed by atoms with Crippen molar-refractivity contribution in [1.29, 1.82) is 0 Å². The minimum Gasteiger partial charge on any atom is -0.396 e. The van der Waals surface area contributed by atoms with Crippen molar-refractivity contribution in [3.8, 4) is 0 Å². The first-order valence-electron chi connectivity index (χ1n) is 8.36. The first-order valence-corrected chi connectivity index (χ1v) is 8.36. The predicted octanol–water partition coefficient (Wildman–Crippen LogP) is 2.11. The smallest absolute Gasteiger partial charge is 0.191 e. The van der Waals surface area contributed by atoms with Gasteiger partial charge in [-0.25, -0.2) is 0 Å². The molecule has 1 aliphatic rings. The summed E-state index contributed by atoms with van der Waals surface area (Å²) in [5.74, 6) is 0.807. The third-order valence-electron chi connectivity index (χ3n) is 4.51. The molecule has 2 rings (SSSR count). The van der Waals surface area contributed by atoms with E-state index < -0.39 is 0 Å². The summed E-state index contributed by atoms with van der Waals surface area (Å²) in [6.07, 6.45) is 2.72. The van der Waals surface area contributed by atoms with E-state index in [-0.39, 0.29) is 36.0 Å². The predicted molar refractivity (Wildman–Crippen MR) is 109 cm³/mol. The lowest BCUT2D eigenvalue weighted by atomic mass is 9.84. The van der Waals surface area contributed by atoms with Gasteiger partial charge in [-0.05, 0) is 31.7 Å². The number of nitrogens with one attached hydrogen (secondary N) is 2. The van der Waals surface area contributed by atoms with Gasteiger partial charge < -0.3 is 20.5 Å². The molecular formula is C18H30IN3O2. The lowest BCUT2D eigenvalue weighted by molar-refractivity contribution is 0.127. The van der Waals surface area contributed by atoms with Crippen molar-refractivity contribution in [3.05, 3.63) is 35.4 Å². The van der Waals surface area contributed by atoms with Crippen LogP contribution in [0, 0.1) is 12.3 Å². The van der Waals surface area contributed by atoms with Crippen molar-refractivity contribution in [1.82, 2.24) is 10.6 Å². The fraction of sp³-hybridized carbons (Fsp3) is 0.611. The molecule has 0 saturated carbocycles. The molecule has 6 heteroatoms. The Labute approximate surface area is 162 Å². The van der Waals surface area contributed by atoms with E-state index in [9.17, 15) is 5.11 Å². The third kappa shape index (κ3) is 6.57. The summed E-state index contributed by atoms with van der Waals surface area (Å²) in [7, 11) is 1.78. The molecule has 0 spiro atoms. The Balaban J connectivity index is 0.00000288. The molecule has 1 saturated heterocycles. The van der Waals surface area contributed by atoms with Gasteiger partial charge in [-0.15, -0.1) is 24.0 Å². The number of hydrogen-bond acceptors (Lipinski definition) is 3. The van der Waals surface area contributed by atoms with Crippen LogP contribution in [0.5, 0.6) is 0 Å². The van der Waals surface area contributed by atoms with E-state index in [1.807, 2.05) is 0 Å². The van der Waals surface area contributed by atoms with Gasteiger partial charge in [-0.3, -0.25) is 4.99 Å². The topological polar surface area (TPSA) is 65.9 Å². The molecule has 1 aromatic carbocycles. The maximum Gasteiger partial charge on any atom is 0.191 e. The zero-order chi connectivity index (χ0) is 16.5. The van der Waals surface area contributed by atoms with Crippen molar-refractivity contribution in [2.45, 2.75) is 26.2 Å². The number of aliphatic hydroxyl groups excluding tert-OH is 1. The van der Waals surface area contributed by atoms with Crippen LogP contribution in [0.25, 0.3) is 0 Å². The number of rotatable bonds is 7. The highest BCUT2D eigenvalue weighted by molar-refractivity contribution is 14.0. The molecule has 0 amide bonds. The average molecular weight is 447 g/mol. The Kier molecular flexibility index (Phi) is 9.61. The minimum atomic E-state index is 0. The van der Waals surface area contributed by atoms with Gasteiger partial charge in [-0.2, -0.15) is 0 Å². The Morgan fingerprint density at radius 1 is 1.29 bits per heavy atom. The minimum absolute atomic E-state index is 0. The molecule has 1 heterocycles. The van der Waals surface area contributed by atoms with E-state index in [0.717, 1.165) is 44.9 Å². The Bertz CT molecular complexity index is 499. The molecule has 3 N–H and O–H groups in total. The highest BCUT2D eigenvalue weighted by atomic mass is 127. The molecule has 1 unspecified atom stereocenters. The molecule has 24 heavy (non-hydrogen) atoms. The molecule has 1 aromatic rings. The van der Waals surface area contributed by atoms with E-state index >= 15 is 0 Å². The van der Waals surface area contributed by atoms with Crippen LogP contribution in [0.1, 0.15) is 24.0 Å². The molecule has 0 bridgehead atoms. The van der Waals surface area contributed by atoms with Crippen molar-refractivity contribution in [3.63, 3.8) is 0 Å². The lowest BCUT2D eigenvalue weighted by Gasteiger charge is -2.27. The molecule has 1 atom stereocenters. The van der Waals surface area contributed by atoms with Crippen molar-refractivity contribution in [2.75, 3.05) is 40.0 Å². The fourth-order valence-electron chi connectivity index (χ4n) is 2.88. The normalized spacial score (nSPS) is 20.5. The molecule has 5 nitrogen and oxygen atoms in total. The summed E-state index contributed by atoms with van der Waals surface area (Å²) in [5.41, 5.74) is 2.63. The average Bonchev–Trinajstić information content (AvgIpc) is 3.02. The Morgan fingerprint density at radius 3 is 2.62 bits per heavy atom. The zero-order valence-corrected chi connectivity index (χ0v) is 17.0. The van der Waals surface area contributed by atoms with Crippen LogP contribution < -0.4 is 10.6 Å². The first kappa shape index (κ1) is 21.2. The van der Waals surface area contributed by atoms with Gasteiger partial charge in [0.2, 0.25) is 0 Å². The second kappa shape index (κ2) is 10.9. The molecular weight excluding hydrogens is 417 g/mol. The highest BCUT2D eigenvalue weighted by Crippen LogP contribution is 2.31. The van der Waals surface area contributed by atoms with Gasteiger partial charge in [0.05, 0.1) is 6.61 Å². The van der Waals surface area contributed by atoms with E-state index in [1.54, 1.807) is 7.05 Å². The van der Waals surface area contributed by atoms with Gasteiger partial charge in [-0.1, -0.05) is 29.8 Å². The van der Waals surface area contributed by atoms with Crippen LogP contribution in [-0.4, -0.2) is 51.0 Å².